The minimum Gasteiger partial charge on any atom is -0.375 e. The number of carbonyl (C=O) groups excluding carboxylic acids is 1. The molecule has 10 heteroatoms. The smallest absolute Gasteiger partial charge is 0.245 e. The maximum atomic E-state index is 13.1. The summed E-state index contributed by atoms with van der Waals surface area (Å²) in [5, 5.41) is 0.600. The Hall–Kier alpha value is -2.01. The second kappa shape index (κ2) is 8.39. The van der Waals surface area contributed by atoms with Crippen LogP contribution in [0.25, 0.3) is 11.0 Å². The highest BCUT2D eigenvalue weighted by molar-refractivity contribution is 7.89. The van der Waals surface area contributed by atoms with Gasteiger partial charge in [0.1, 0.15) is 10.5 Å². The highest BCUT2D eigenvalue weighted by atomic mass is 32.2. The van der Waals surface area contributed by atoms with E-state index in [9.17, 15) is 13.2 Å². The fourth-order valence-corrected chi connectivity index (χ4v) is 5.47. The number of fused-ring (bicyclic) bond motifs is 1. The Balaban J connectivity index is 1.36. The number of aromatic nitrogens is 2. The first-order valence-electron chi connectivity index (χ1n) is 10.0. The van der Waals surface area contributed by atoms with Crippen LogP contribution in [0.15, 0.2) is 29.4 Å². The van der Waals surface area contributed by atoms with E-state index in [4.69, 9.17) is 4.74 Å². The van der Waals surface area contributed by atoms with Crippen molar-refractivity contribution in [3.63, 3.8) is 0 Å². The van der Waals surface area contributed by atoms with Crippen molar-refractivity contribution >= 4 is 27.0 Å². The molecule has 1 unspecified atom stereocenters. The molecule has 29 heavy (non-hydrogen) atoms. The van der Waals surface area contributed by atoms with Crippen molar-refractivity contribution in [1.29, 1.82) is 0 Å². The summed E-state index contributed by atoms with van der Waals surface area (Å²) in [6, 6.07) is 3.49. The standard InChI is InChI=1S/C19H27N5O4S/c1-2-15-13-23(10-11-28-15)18(25)14-22-6-8-24(9-7-22)29(26,27)17-12-21-19-16(17)4-3-5-20-19/h3-5,12,15H,2,6-11,13-14H2,1H3,(H,20,21). The maximum Gasteiger partial charge on any atom is 0.245 e. The summed E-state index contributed by atoms with van der Waals surface area (Å²) in [6.45, 7) is 6.02. The highest BCUT2D eigenvalue weighted by Gasteiger charge is 2.32. The summed E-state index contributed by atoms with van der Waals surface area (Å²) in [4.78, 5) is 23.9. The van der Waals surface area contributed by atoms with E-state index < -0.39 is 10.0 Å². The molecule has 158 valence electrons. The first kappa shape index (κ1) is 20.3. The predicted molar refractivity (Wildman–Crippen MR) is 108 cm³/mol. The lowest BCUT2D eigenvalue weighted by Crippen LogP contribution is -2.53. The van der Waals surface area contributed by atoms with Gasteiger partial charge in [0.05, 0.1) is 19.3 Å². The molecular weight excluding hydrogens is 394 g/mol. The number of sulfonamides is 1. The second-order valence-electron chi connectivity index (χ2n) is 7.47. The number of carbonyl (C=O) groups is 1. The number of H-pyrrole nitrogens is 1. The number of ether oxygens (including phenoxy) is 1. The zero-order valence-electron chi connectivity index (χ0n) is 16.6. The average molecular weight is 422 g/mol. The SMILES string of the molecule is CCC1CN(C(=O)CN2CCN(S(=O)(=O)c3c[nH]c4ncccc34)CC2)CCO1. The fraction of sp³-hybridized carbons (Fsp3) is 0.579. The summed E-state index contributed by atoms with van der Waals surface area (Å²) in [5.74, 6) is 0.0887. The number of piperazine rings is 1. The van der Waals surface area contributed by atoms with Crippen LogP contribution in [0, 0.1) is 0 Å². The molecule has 2 aliphatic rings. The van der Waals surface area contributed by atoms with E-state index in [2.05, 4.69) is 16.9 Å². The monoisotopic (exact) mass is 421 g/mol. The molecule has 2 aromatic heterocycles. The number of pyridine rings is 1. The van der Waals surface area contributed by atoms with E-state index >= 15 is 0 Å². The number of morpholine rings is 1. The van der Waals surface area contributed by atoms with Gasteiger partial charge in [-0.25, -0.2) is 13.4 Å². The molecule has 1 N–H and O–H groups in total. The van der Waals surface area contributed by atoms with E-state index in [0.717, 1.165) is 6.42 Å². The third-order valence-electron chi connectivity index (χ3n) is 5.67. The van der Waals surface area contributed by atoms with Crippen molar-refractivity contribution in [2.45, 2.75) is 24.3 Å². The second-order valence-corrected chi connectivity index (χ2v) is 9.38. The molecule has 4 heterocycles. The average Bonchev–Trinajstić information content (AvgIpc) is 3.19. The third-order valence-corrected chi connectivity index (χ3v) is 7.61. The number of nitrogens with zero attached hydrogens (tertiary/aromatic N) is 4. The molecule has 0 aromatic carbocycles. The predicted octanol–water partition coefficient (Wildman–Crippen LogP) is 0.507. The van der Waals surface area contributed by atoms with E-state index in [1.807, 2.05) is 9.80 Å². The van der Waals surface area contributed by atoms with E-state index in [-0.39, 0.29) is 16.9 Å². The van der Waals surface area contributed by atoms with Gasteiger partial charge >= 0.3 is 0 Å². The van der Waals surface area contributed by atoms with Crippen molar-refractivity contribution in [2.24, 2.45) is 0 Å². The molecule has 0 spiro atoms. The third kappa shape index (κ3) is 4.16. The highest BCUT2D eigenvalue weighted by Crippen LogP contribution is 2.25. The number of nitrogens with one attached hydrogen (secondary N) is 1. The van der Waals surface area contributed by atoms with Crippen LogP contribution in [-0.4, -0.2) is 96.9 Å². The Morgan fingerprint density at radius 2 is 2.07 bits per heavy atom. The normalized spacial score (nSPS) is 22.2. The Morgan fingerprint density at radius 1 is 1.28 bits per heavy atom. The molecular formula is C19H27N5O4S. The molecule has 2 aliphatic heterocycles. The molecule has 2 saturated heterocycles. The maximum absolute atomic E-state index is 13.1. The largest absolute Gasteiger partial charge is 0.375 e. The van der Waals surface area contributed by atoms with Gasteiger partial charge in [0, 0.05) is 57.0 Å². The van der Waals surface area contributed by atoms with Gasteiger partial charge in [-0.3, -0.25) is 9.69 Å². The molecule has 2 aromatic rings. The van der Waals surface area contributed by atoms with Crippen LogP contribution < -0.4 is 0 Å². The summed E-state index contributed by atoms with van der Waals surface area (Å²) >= 11 is 0. The van der Waals surface area contributed by atoms with Gasteiger partial charge in [-0.1, -0.05) is 6.92 Å². The molecule has 0 radical (unpaired) electrons. The zero-order valence-corrected chi connectivity index (χ0v) is 17.4. The lowest BCUT2D eigenvalue weighted by atomic mass is 10.2. The first-order valence-corrected chi connectivity index (χ1v) is 11.5. The van der Waals surface area contributed by atoms with Gasteiger partial charge in [0.25, 0.3) is 0 Å². The van der Waals surface area contributed by atoms with Crippen molar-refractivity contribution in [3.05, 3.63) is 24.5 Å². The van der Waals surface area contributed by atoms with Gasteiger partial charge in [-0.15, -0.1) is 0 Å². The van der Waals surface area contributed by atoms with Crippen LogP contribution in [0.4, 0.5) is 0 Å². The number of hydrogen-bond donors (Lipinski definition) is 1. The van der Waals surface area contributed by atoms with Crippen LogP contribution in [0.3, 0.4) is 0 Å². The Morgan fingerprint density at radius 3 is 2.83 bits per heavy atom. The minimum absolute atomic E-state index is 0.0887. The summed E-state index contributed by atoms with van der Waals surface area (Å²) in [6.07, 6.45) is 4.14. The van der Waals surface area contributed by atoms with Crippen LogP contribution in [0.2, 0.25) is 0 Å². The van der Waals surface area contributed by atoms with E-state index in [1.54, 1.807) is 18.3 Å². The van der Waals surface area contributed by atoms with Gasteiger partial charge in [-0.05, 0) is 18.6 Å². The first-order chi connectivity index (χ1) is 14.0. The number of rotatable bonds is 5. The Labute approximate surface area is 170 Å². The molecule has 0 bridgehead atoms. The summed E-state index contributed by atoms with van der Waals surface area (Å²) in [7, 11) is -3.60. The van der Waals surface area contributed by atoms with Gasteiger partial charge in [0.15, 0.2) is 0 Å². The van der Waals surface area contributed by atoms with Gasteiger partial charge < -0.3 is 14.6 Å². The van der Waals surface area contributed by atoms with Crippen molar-refractivity contribution in [3.8, 4) is 0 Å². The molecule has 4 rings (SSSR count). The lowest BCUT2D eigenvalue weighted by Gasteiger charge is -2.36. The van der Waals surface area contributed by atoms with E-state index in [0.29, 0.717) is 63.5 Å². The number of aromatic amines is 1. The molecule has 0 saturated carbocycles. The molecule has 9 nitrogen and oxygen atoms in total. The van der Waals surface area contributed by atoms with Crippen LogP contribution in [0.5, 0.6) is 0 Å². The minimum atomic E-state index is -3.60. The van der Waals surface area contributed by atoms with Crippen LogP contribution >= 0.6 is 0 Å². The molecule has 0 aliphatic carbocycles. The molecule has 1 atom stereocenters. The quantitative estimate of drug-likeness (QED) is 0.755. The Bertz CT molecular complexity index is 968. The van der Waals surface area contributed by atoms with Gasteiger partial charge in [-0.2, -0.15) is 4.31 Å². The van der Waals surface area contributed by atoms with Crippen molar-refractivity contribution in [2.75, 3.05) is 52.4 Å². The van der Waals surface area contributed by atoms with Crippen molar-refractivity contribution in [1.82, 2.24) is 24.1 Å². The topological polar surface area (TPSA) is 98.8 Å². The number of hydrogen-bond acceptors (Lipinski definition) is 6. The van der Waals surface area contributed by atoms with Gasteiger partial charge in [0.2, 0.25) is 15.9 Å². The summed E-state index contributed by atoms with van der Waals surface area (Å²) in [5.41, 5.74) is 0.561. The van der Waals surface area contributed by atoms with E-state index in [1.165, 1.54) is 10.5 Å². The molecule has 1 amide bonds. The lowest BCUT2D eigenvalue weighted by molar-refractivity contribution is -0.140. The fourth-order valence-electron chi connectivity index (χ4n) is 3.90. The van der Waals surface area contributed by atoms with Crippen LogP contribution in [0.1, 0.15) is 13.3 Å². The zero-order chi connectivity index (χ0) is 20.4. The van der Waals surface area contributed by atoms with Crippen LogP contribution in [-0.2, 0) is 19.6 Å². The van der Waals surface area contributed by atoms with Crippen molar-refractivity contribution < 1.29 is 17.9 Å². The Kier molecular flexibility index (Phi) is 5.86. The molecule has 2 fully saturated rings. The number of amides is 1. The summed E-state index contributed by atoms with van der Waals surface area (Å²) < 4.78 is 33.3.